The molecule has 170 valence electrons. The third-order valence-corrected chi connectivity index (χ3v) is 7.08. The number of nitrogens with zero attached hydrogens (tertiary/aromatic N) is 5. The van der Waals surface area contributed by atoms with Crippen molar-refractivity contribution in [2.75, 3.05) is 33.3 Å². The molecule has 0 bridgehead atoms. The van der Waals surface area contributed by atoms with E-state index in [9.17, 15) is 9.59 Å². The van der Waals surface area contributed by atoms with E-state index in [0.717, 1.165) is 36.8 Å². The van der Waals surface area contributed by atoms with Crippen LogP contribution < -0.4 is 10.3 Å². The van der Waals surface area contributed by atoms with Crippen LogP contribution in [0, 0.1) is 6.92 Å². The zero-order valence-corrected chi connectivity index (χ0v) is 18.9. The van der Waals surface area contributed by atoms with Crippen LogP contribution in [0.3, 0.4) is 0 Å². The van der Waals surface area contributed by atoms with E-state index in [1.807, 2.05) is 40.5 Å². The van der Waals surface area contributed by atoms with Crippen LogP contribution in [0.2, 0.25) is 0 Å². The van der Waals surface area contributed by atoms with Crippen molar-refractivity contribution in [2.24, 2.45) is 0 Å². The maximum absolute atomic E-state index is 13.2. The van der Waals surface area contributed by atoms with Crippen molar-refractivity contribution in [3.8, 4) is 5.75 Å². The van der Waals surface area contributed by atoms with Gasteiger partial charge in [0.1, 0.15) is 23.6 Å². The molecule has 2 aromatic heterocycles. The van der Waals surface area contributed by atoms with E-state index < -0.39 is 0 Å². The Morgan fingerprint density at radius 1 is 1.09 bits per heavy atom. The Labute approximate surface area is 187 Å². The predicted octanol–water partition coefficient (Wildman–Crippen LogP) is 2.44. The molecule has 5 rings (SSSR count). The molecule has 8 heteroatoms. The van der Waals surface area contributed by atoms with Gasteiger partial charge in [-0.2, -0.15) is 5.10 Å². The van der Waals surface area contributed by atoms with Crippen molar-refractivity contribution in [1.82, 2.24) is 24.0 Å². The molecule has 0 spiro atoms. The minimum atomic E-state index is -0.259. The molecule has 1 amide bonds. The number of amides is 1. The molecule has 2 aliphatic rings. The highest BCUT2D eigenvalue weighted by Gasteiger charge is 2.28. The Bertz CT molecular complexity index is 1200. The molecule has 0 unspecified atom stereocenters. The first-order valence-electron chi connectivity index (χ1n) is 11.6. The molecule has 0 aliphatic carbocycles. The van der Waals surface area contributed by atoms with E-state index >= 15 is 0 Å². The molecule has 3 aromatic rings. The molecule has 32 heavy (non-hydrogen) atoms. The maximum atomic E-state index is 13.2. The lowest BCUT2D eigenvalue weighted by molar-refractivity contribution is -0.133. The van der Waals surface area contributed by atoms with Crippen LogP contribution >= 0.6 is 0 Å². The first kappa shape index (κ1) is 21.0. The summed E-state index contributed by atoms with van der Waals surface area (Å²) in [5.41, 5.74) is 1.12. The Kier molecular flexibility index (Phi) is 5.63. The van der Waals surface area contributed by atoms with Crippen molar-refractivity contribution >= 4 is 22.3 Å². The highest BCUT2D eigenvalue weighted by Crippen LogP contribution is 2.28. The predicted molar refractivity (Wildman–Crippen MR) is 123 cm³/mol. The van der Waals surface area contributed by atoms with Crippen LogP contribution in [-0.2, 0) is 11.3 Å². The molecule has 1 aromatic carbocycles. The average Bonchev–Trinajstić information content (AvgIpc) is 3.23. The quantitative estimate of drug-likeness (QED) is 0.627. The van der Waals surface area contributed by atoms with Gasteiger partial charge in [-0.05, 0) is 63.9 Å². The smallest absolute Gasteiger partial charge is 0.291 e. The molecule has 0 N–H and O–H groups in total. The highest BCUT2D eigenvalue weighted by molar-refractivity contribution is 5.92. The van der Waals surface area contributed by atoms with E-state index in [1.54, 1.807) is 7.11 Å². The first-order valence-corrected chi connectivity index (χ1v) is 11.6. The molecule has 0 saturated carbocycles. The summed E-state index contributed by atoms with van der Waals surface area (Å²) in [6, 6.07) is 8.13. The number of hydrogen-bond acceptors (Lipinski definition) is 5. The van der Waals surface area contributed by atoms with Gasteiger partial charge >= 0.3 is 0 Å². The number of piperidine rings is 2. The lowest BCUT2D eigenvalue weighted by atomic mass is 10.00. The van der Waals surface area contributed by atoms with Gasteiger partial charge in [-0.3, -0.25) is 14.0 Å². The second-order valence-corrected chi connectivity index (χ2v) is 8.98. The first-order chi connectivity index (χ1) is 15.6. The summed E-state index contributed by atoms with van der Waals surface area (Å²) in [5.74, 6) is 1.35. The van der Waals surface area contributed by atoms with Crippen LogP contribution in [0.4, 0.5) is 0 Å². The number of carbonyl (C=O) groups excluding carboxylic acids is 1. The van der Waals surface area contributed by atoms with Crippen LogP contribution in [0.15, 0.2) is 29.1 Å². The standard InChI is InChI=1S/C24H31N5O3/c1-17-25-28(24(31)21-15-19-20(29(17)21)7-6-8-22(19)32-2)16-23(30)27-13-9-18(10-14-27)26-11-4-3-5-12-26/h6-8,15,18H,3-5,9-14,16H2,1-2H3. The van der Waals surface area contributed by atoms with Crippen molar-refractivity contribution in [1.29, 1.82) is 0 Å². The van der Waals surface area contributed by atoms with Crippen molar-refractivity contribution in [3.05, 3.63) is 40.4 Å². The molecule has 4 heterocycles. The van der Waals surface area contributed by atoms with E-state index in [2.05, 4.69) is 10.00 Å². The lowest BCUT2D eigenvalue weighted by Crippen LogP contribution is -2.49. The number of likely N-dealkylation sites (tertiary alicyclic amines) is 2. The van der Waals surface area contributed by atoms with E-state index in [1.165, 1.54) is 37.0 Å². The molecular weight excluding hydrogens is 406 g/mol. The van der Waals surface area contributed by atoms with Gasteiger partial charge in [0.05, 0.1) is 12.6 Å². The molecule has 2 saturated heterocycles. The van der Waals surface area contributed by atoms with Gasteiger partial charge in [-0.25, -0.2) is 4.68 Å². The summed E-state index contributed by atoms with van der Waals surface area (Å²) in [6.07, 6.45) is 5.93. The number of hydrogen-bond donors (Lipinski definition) is 0. The Hall–Kier alpha value is -2.87. The van der Waals surface area contributed by atoms with Gasteiger partial charge in [0.25, 0.3) is 5.56 Å². The molecule has 8 nitrogen and oxygen atoms in total. The summed E-state index contributed by atoms with van der Waals surface area (Å²) in [4.78, 5) is 30.7. The van der Waals surface area contributed by atoms with Gasteiger partial charge in [-0.15, -0.1) is 0 Å². The summed E-state index contributed by atoms with van der Waals surface area (Å²) in [5, 5.41) is 5.33. The topological polar surface area (TPSA) is 72.1 Å². The Morgan fingerprint density at radius 2 is 1.84 bits per heavy atom. The SMILES string of the molecule is COc1cccc2c1cc1c(=O)n(CC(=O)N3CCC(N4CCCCC4)CC3)nc(C)n12. The Balaban J connectivity index is 1.35. The van der Waals surface area contributed by atoms with Gasteiger partial charge < -0.3 is 14.5 Å². The molecule has 2 fully saturated rings. The van der Waals surface area contributed by atoms with Gasteiger partial charge in [0.2, 0.25) is 5.91 Å². The van der Waals surface area contributed by atoms with E-state index in [-0.39, 0.29) is 18.0 Å². The number of ether oxygens (including phenoxy) is 1. The van der Waals surface area contributed by atoms with Gasteiger partial charge in [0, 0.05) is 24.5 Å². The average molecular weight is 438 g/mol. The van der Waals surface area contributed by atoms with Crippen LogP contribution in [0.25, 0.3) is 16.4 Å². The number of aryl methyl sites for hydroxylation is 1. The summed E-state index contributed by atoms with van der Waals surface area (Å²) in [7, 11) is 1.62. The number of rotatable bonds is 4. The number of fused-ring (bicyclic) bond motifs is 3. The van der Waals surface area contributed by atoms with Crippen molar-refractivity contribution in [3.63, 3.8) is 0 Å². The minimum Gasteiger partial charge on any atom is -0.496 e. The van der Waals surface area contributed by atoms with Gasteiger partial charge in [-0.1, -0.05) is 12.5 Å². The summed E-state index contributed by atoms with van der Waals surface area (Å²) in [6.45, 7) is 5.71. The fourth-order valence-electron chi connectivity index (χ4n) is 5.38. The highest BCUT2D eigenvalue weighted by atomic mass is 16.5. The van der Waals surface area contributed by atoms with E-state index in [0.29, 0.717) is 23.1 Å². The lowest BCUT2D eigenvalue weighted by Gasteiger charge is -2.40. The largest absolute Gasteiger partial charge is 0.496 e. The van der Waals surface area contributed by atoms with Gasteiger partial charge in [0.15, 0.2) is 0 Å². The van der Waals surface area contributed by atoms with Crippen LogP contribution in [-0.4, -0.2) is 69.2 Å². The maximum Gasteiger partial charge on any atom is 0.291 e. The summed E-state index contributed by atoms with van der Waals surface area (Å²) < 4.78 is 8.61. The molecular formula is C24H31N5O3. The zero-order chi connectivity index (χ0) is 22.2. The minimum absolute atomic E-state index is 0.0246. The van der Waals surface area contributed by atoms with E-state index in [4.69, 9.17) is 4.74 Å². The van der Waals surface area contributed by atoms with Crippen LogP contribution in [0.1, 0.15) is 37.9 Å². The third-order valence-electron chi connectivity index (χ3n) is 7.08. The van der Waals surface area contributed by atoms with Crippen LogP contribution in [0.5, 0.6) is 5.75 Å². The summed E-state index contributed by atoms with van der Waals surface area (Å²) >= 11 is 0. The molecule has 0 radical (unpaired) electrons. The third kappa shape index (κ3) is 3.66. The number of carbonyl (C=O) groups is 1. The van der Waals surface area contributed by atoms with Crippen molar-refractivity contribution < 1.29 is 9.53 Å². The fourth-order valence-corrected chi connectivity index (χ4v) is 5.38. The molecule has 0 atom stereocenters. The Morgan fingerprint density at radius 3 is 2.56 bits per heavy atom. The molecule has 2 aliphatic heterocycles. The normalized spacial score (nSPS) is 18.5. The number of benzene rings is 1. The second-order valence-electron chi connectivity index (χ2n) is 8.98. The number of methoxy groups -OCH3 is 1. The fraction of sp³-hybridized carbons (Fsp3) is 0.542. The monoisotopic (exact) mass is 437 g/mol. The second kappa shape index (κ2) is 8.58. The van der Waals surface area contributed by atoms with Crippen molar-refractivity contribution in [2.45, 2.75) is 51.6 Å². The number of aromatic nitrogens is 3. The zero-order valence-electron chi connectivity index (χ0n) is 18.9.